The Labute approximate surface area is 226 Å². The Morgan fingerprint density at radius 3 is 1.12 bits per heavy atom. The molecule has 0 spiro atoms. The number of ether oxygens (including phenoxy) is 1. The SMILES string of the molecule is N#Cc1c(F)c(F)c(F)c(F)c1CNc1ccc(Oc2ccc(NCc3c(F)c(F)c(F)c(F)c3C#N)cc2)cc1. The summed E-state index contributed by atoms with van der Waals surface area (Å²) in [6.07, 6.45) is 0. The van der Waals surface area contributed by atoms with E-state index in [1.54, 1.807) is 0 Å². The quantitative estimate of drug-likeness (QED) is 0.129. The van der Waals surface area contributed by atoms with Crippen LogP contribution in [0.1, 0.15) is 22.3 Å². The molecule has 2 N–H and O–H groups in total. The topological polar surface area (TPSA) is 80.9 Å². The first-order valence-corrected chi connectivity index (χ1v) is 11.4. The van der Waals surface area contributed by atoms with Gasteiger partial charge in [-0.3, -0.25) is 0 Å². The molecule has 0 radical (unpaired) electrons. The van der Waals surface area contributed by atoms with Gasteiger partial charge >= 0.3 is 0 Å². The second-order valence-corrected chi connectivity index (χ2v) is 8.30. The number of benzene rings is 4. The standard InChI is InChI=1S/C28H14F8N4O/c29-21-17(9-37)19(23(31)27(35)25(21)33)11-39-13-1-5-15(6-2-13)41-16-7-3-14(4-8-16)40-12-20-18(10-38)22(30)26(34)28(36)24(20)32/h1-8,39-40H,11-12H2. The molecule has 13 heteroatoms. The van der Waals surface area contributed by atoms with Crippen molar-refractivity contribution in [3.8, 4) is 23.6 Å². The van der Waals surface area contributed by atoms with E-state index in [2.05, 4.69) is 10.6 Å². The highest BCUT2D eigenvalue weighted by Gasteiger charge is 2.26. The van der Waals surface area contributed by atoms with Crippen molar-refractivity contribution in [1.29, 1.82) is 10.5 Å². The van der Waals surface area contributed by atoms with Crippen LogP contribution in [0.3, 0.4) is 0 Å². The lowest BCUT2D eigenvalue weighted by Gasteiger charge is -2.13. The molecule has 0 saturated carbocycles. The molecule has 0 aromatic heterocycles. The van der Waals surface area contributed by atoms with Gasteiger partial charge in [0, 0.05) is 35.6 Å². The summed E-state index contributed by atoms with van der Waals surface area (Å²) in [7, 11) is 0. The van der Waals surface area contributed by atoms with Gasteiger partial charge in [-0.25, -0.2) is 35.1 Å². The van der Waals surface area contributed by atoms with Crippen molar-refractivity contribution in [2.24, 2.45) is 0 Å². The summed E-state index contributed by atoms with van der Waals surface area (Å²) in [5.74, 6) is -14.5. The maximum absolute atomic E-state index is 14.1. The van der Waals surface area contributed by atoms with Crippen LogP contribution in [0.4, 0.5) is 46.5 Å². The molecular formula is C28H14F8N4O. The van der Waals surface area contributed by atoms with Crippen LogP contribution in [0.25, 0.3) is 0 Å². The van der Waals surface area contributed by atoms with E-state index in [1.165, 1.54) is 60.7 Å². The van der Waals surface area contributed by atoms with Crippen molar-refractivity contribution < 1.29 is 39.9 Å². The van der Waals surface area contributed by atoms with Crippen LogP contribution in [-0.4, -0.2) is 0 Å². The summed E-state index contributed by atoms with van der Waals surface area (Å²) in [5.41, 5.74) is -2.58. The minimum Gasteiger partial charge on any atom is -0.457 e. The van der Waals surface area contributed by atoms with E-state index in [9.17, 15) is 35.1 Å². The van der Waals surface area contributed by atoms with Crippen LogP contribution in [-0.2, 0) is 13.1 Å². The largest absolute Gasteiger partial charge is 0.457 e. The van der Waals surface area contributed by atoms with E-state index in [0.29, 0.717) is 22.9 Å². The Hall–Kier alpha value is -5.30. The molecular weight excluding hydrogens is 560 g/mol. The first-order chi connectivity index (χ1) is 19.6. The van der Waals surface area contributed by atoms with Crippen molar-refractivity contribution in [2.75, 3.05) is 10.6 Å². The third-order valence-electron chi connectivity index (χ3n) is 5.84. The zero-order valence-corrected chi connectivity index (χ0v) is 20.4. The molecule has 0 atom stereocenters. The average molecular weight is 574 g/mol. The summed E-state index contributed by atoms with van der Waals surface area (Å²) in [4.78, 5) is 0. The number of halogens is 8. The monoisotopic (exact) mass is 574 g/mol. The van der Waals surface area contributed by atoms with E-state index in [-0.39, 0.29) is 0 Å². The number of rotatable bonds is 8. The van der Waals surface area contributed by atoms with Gasteiger partial charge in [0.05, 0.1) is 11.1 Å². The molecule has 41 heavy (non-hydrogen) atoms. The van der Waals surface area contributed by atoms with Gasteiger partial charge in [0.1, 0.15) is 23.6 Å². The molecule has 208 valence electrons. The second-order valence-electron chi connectivity index (χ2n) is 8.30. The zero-order valence-electron chi connectivity index (χ0n) is 20.4. The molecule has 0 aliphatic heterocycles. The van der Waals surface area contributed by atoms with Gasteiger partial charge in [-0.2, -0.15) is 10.5 Å². The van der Waals surface area contributed by atoms with Crippen LogP contribution < -0.4 is 15.4 Å². The molecule has 0 fully saturated rings. The molecule has 0 aliphatic rings. The van der Waals surface area contributed by atoms with Crippen LogP contribution in [0.15, 0.2) is 48.5 Å². The summed E-state index contributed by atoms with van der Waals surface area (Å²) in [5, 5.41) is 23.4. The molecule has 0 saturated heterocycles. The Morgan fingerprint density at radius 1 is 0.488 bits per heavy atom. The minimum absolute atomic E-state index is 0.331. The molecule has 0 bridgehead atoms. The van der Waals surface area contributed by atoms with Crippen molar-refractivity contribution in [1.82, 2.24) is 0 Å². The number of nitrogens with zero attached hydrogens (tertiary/aromatic N) is 2. The highest BCUT2D eigenvalue weighted by molar-refractivity contribution is 5.52. The highest BCUT2D eigenvalue weighted by atomic mass is 19.2. The summed E-state index contributed by atoms with van der Waals surface area (Å²) < 4.78 is 115. The molecule has 0 aliphatic carbocycles. The Balaban J connectivity index is 1.39. The normalized spacial score (nSPS) is 10.6. The van der Waals surface area contributed by atoms with Gasteiger partial charge < -0.3 is 15.4 Å². The third-order valence-corrected chi connectivity index (χ3v) is 5.84. The van der Waals surface area contributed by atoms with Crippen molar-refractivity contribution in [2.45, 2.75) is 13.1 Å². The van der Waals surface area contributed by atoms with Crippen molar-refractivity contribution in [3.05, 3.63) is 117 Å². The third kappa shape index (κ3) is 5.70. The van der Waals surface area contributed by atoms with Gasteiger partial charge in [-0.1, -0.05) is 0 Å². The van der Waals surface area contributed by atoms with E-state index < -0.39 is 81.9 Å². The van der Waals surface area contributed by atoms with Crippen LogP contribution in [0, 0.1) is 69.2 Å². The van der Waals surface area contributed by atoms with E-state index >= 15 is 0 Å². The Morgan fingerprint density at radius 2 is 0.805 bits per heavy atom. The number of nitriles is 2. The first-order valence-electron chi connectivity index (χ1n) is 11.4. The summed E-state index contributed by atoms with van der Waals surface area (Å²) in [6, 6.07) is 14.5. The Kier molecular flexibility index (Phi) is 8.29. The lowest BCUT2D eigenvalue weighted by Crippen LogP contribution is -2.11. The second kappa shape index (κ2) is 11.8. The van der Waals surface area contributed by atoms with Gasteiger partial charge in [0.2, 0.25) is 0 Å². The maximum atomic E-state index is 14.1. The zero-order chi connectivity index (χ0) is 29.8. The smallest absolute Gasteiger partial charge is 0.198 e. The van der Waals surface area contributed by atoms with Gasteiger partial charge in [0.15, 0.2) is 46.5 Å². The van der Waals surface area contributed by atoms with Crippen LogP contribution in [0.2, 0.25) is 0 Å². The number of hydrogen-bond acceptors (Lipinski definition) is 5. The maximum Gasteiger partial charge on any atom is 0.198 e. The highest BCUT2D eigenvalue weighted by Crippen LogP contribution is 2.28. The molecule has 5 nitrogen and oxygen atoms in total. The predicted molar refractivity (Wildman–Crippen MR) is 130 cm³/mol. The predicted octanol–water partition coefficient (Wildman–Crippen LogP) is 7.56. The first kappa shape index (κ1) is 28.7. The molecule has 0 heterocycles. The fourth-order valence-corrected chi connectivity index (χ4v) is 3.72. The number of hydrogen-bond donors (Lipinski definition) is 2. The van der Waals surface area contributed by atoms with Crippen LogP contribution >= 0.6 is 0 Å². The van der Waals surface area contributed by atoms with Crippen molar-refractivity contribution in [3.63, 3.8) is 0 Å². The molecule has 4 rings (SSSR count). The average Bonchev–Trinajstić information content (AvgIpc) is 2.98. The van der Waals surface area contributed by atoms with Gasteiger partial charge in [-0.05, 0) is 48.5 Å². The van der Waals surface area contributed by atoms with E-state index in [4.69, 9.17) is 15.3 Å². The van der Waals surface area contributed by atoms with E-state index in [0.717, 1.165) is 0 Å². The Bertz CT molecular complexity index is 1590. The summed E-state index contributed by atoms with van der Waals surface area (Å²) in [6.45, 7) is -1.04. The number of nitrogens with one attached hydrogen (secondary N) is 2. The molecule has 4 aromatic carbocycles. The minimum atomic E-state index is -2.08. The fourth-order valence-electron chi connectivity index (χ4n) is 3.72. The number of anilines is 2. The molecule has 0 amide bonds. The van der Waals surface area contributed by atoms with Crippen LogP contribution in [0.5, 0.6) is 11.5 Å². The van der Waals surface area contributed by atoms with Crippen molar-refractivity contribution >= 4 is 11.4 Å². The van der Waals surface area contributed by atoms with E-state index in [1.807, 2.05) is 0 Å². The van der Waals surface area contributed by atoms with Gasteiger partial charge in [-0.15, -0.1) is 0 Å². The lowest BCUT2D eigenvalue weighted by molar-refractivity contribution is 0.403. The molecule has 4 aromatic rings. The fraction of sp³-hybridized carbons (Fsp3) is 0.0714. The van der Waals surface area contributed by atoms with Gasteiger partial charge in [0.25, 0.3) is 0 Å². The summed E-state index contributed by atoms with van der Waals surface area (Å²) >= 11 is 0. The lowest BCUT2D eigenvalue weighted by atomic mass is 10.1. The molecule has 0 unspecified atom stereocenters.